The van der Waals surface area contributed by atoms with Gasteiger partial charge in [-0.2, -0.15) is 0 Å². The van der Waals surface area contributed by atoms with Gasteiger partial charge in [0.15, 0.2) is 5.82 Å². The molecule has 5 nitrogen and oxygen atoms in total. The van der Waals surface area contributed by atoms with Crippen LogP contribution in [0.15, 0.2) is 17.0 Å². The molecule has 1 aliphatic rings. The quantitative estimate of drug-likeness (QED) is 0.845. The number of hydrogen-bond acceptors (Lipinski definition) is 4. The minimum absolute atomic E-state index is 0.150. The number of imidazole rings is 1. The van der Waals surface area contributed by atoms with E-state index >= 15 is 0 Å². The van der Waals surface area contributed by atoms with E-state index in [4.69, 9.17) is 5.73 Å². The molecule has 2 aromatic heterocycles. The van der Waals surface area contributed by atoms with E-state index < -0.39 is 0 Å². The highest BCUT2D eigenvalue weighted by Gasteiger charge is 2.25. The molecule has 0 saturated heterocycles. The van der Waals surface area contributed by atoms with Gasteiger partial charge in [0.05, 0.1) is 6.10 Å². The molecule has 1 fully saturated rings. The van der Waals surface area contributed by atoms with Crippen molar-refractivity contribution in [2.24, 2.45) is 0 Å². The minimum atomic E-state index is -0.150. The number of rotatable bonds is 1. The van der Waals surface area contributed by atoms with Crippen LogP contribution in [0.2, 0.25) is 0 Å². The largest absolute Gasteiger partial charge is 0.393 e. The number of anilines is 1. The molecule has 0 amide bonds. The predicted molar refractivity (Wildman–Crippen MR) is 72.3 cm³/mol. The highest BCUT2D eigenvalue weighted by molar-refractivity contribution is 9.10. The average Bonchev–Trinajstić information content (AvgIpc) is 2.69. The van der Waals surface area contributed by atoms with Gasteiger partial charge in [0, 0.05) is 18.3 Å². The number of aliphatic hydroxyl groups is 1. The molecule has 96 valence electrons. The van der Waals surface area contributed by atoms with Crippen LogP contribution in [0.4, 0.5) is 5.82 Å². The number of nitrogens with zero attached hydrogens (tertiary/aromatic N) is 3. The van der Waals surface area contributed by atoms with Crippen LogP contribution >= 0.6 is 15.9 Å². The third kappa shape index (κ3) is 1.89. The highest BCUT2D eigenvalue weighted by Crippen LogP contribution is 2.35. The fraction of sp³-hybridized carbons (Fsp3) is 0.500. The summed E-state index contributed by atoms with van der Waals surface area (Å²) in [5.74, 6) is 1.88. The molecule has 1 saturated carbocycles. The molecule has 0 aromatic carbocycles. The standard InChI is InChI=1S/C12H15BrN4O/c13-10-9-11(14)15-5-6-17(9)12(16-10)7-1-3-8(18)4-2-7/h5-8,18H,1-4H2,(H2,14,15). The van der Waals surface area contributed by atoms with Crippen LogP contribution in [-0.4, -0.2) is 25.6 Å². The summed E-state index contributed by atoms with van der Waals surface area (Å²) in [5.41, 5.74) is 6.71. The van der Waals surface area contributed by atoms with Gasteiger partial charge in [-0.3, -0.25) is 4.40 Å². The number of hydrogen-bond donors (Lipinski definition) is 2. The zero-order valence-corrected chi connectivity index (χ0v) is 11.5. The van der Waals surface area contributed by atoms with E-state index in [1.807, 2.05) is 10.6 Å². The molecule has 2 aromatic rings. The molecule has 0 bridgehead atoms. The first-order chi connectivity index (χ1) is 8.66. The van der Waals surface area contributed by atoms with Crippen molar-refractivity contribution < 1.29 is 5.11 Å². The summed E-state index contributed by atoms with van der Waals surface area (Å²) in [7, 11) is 0. The molecule has 0 unspecified atom stereocenters. The lowest BCUT2D eigenvalue weighted by Gasteiger charge is -2.24. The van der Waals surface area contributed by atoms with Gasteiger partial charge in [-0.25, -0.2) is 9.97 Å². The maximum absolute atomic E-state index is 9.57. The van der Waals surface area contributed by atoms with Crippen LogP contribution in [0.1, 0.15) is 37.4 Å². The summed E-state index contributed by atoms with van der Waals surface area (Å²) in [5, 5.41) is 9.57. The molecule has 0 spiro atoms. The average molecular weight is 311 g/mol. The number of nitrogen functional groups attached to an aromatic ring is 1. The second-order valence-electron chi connectivity index (χ2n) is 4.80. The fourth-order valence-corrected chi connectivity index (χ4v) is 3.24. The van der Waals surface area contributed by atoms with Crippen LogP contribution in [0.3, 0.4) is 0 Å². The minimum Gasteiger partial charge on any atom is -0.393 e. The summed E-state index contributed by atoms with van der Waals surface area (Å²) < 4.78 is 2.75. The number of nitrogens with two attached hydrogens (primary N) is 1. The van der Waals surface area contributed by atoms with Crippen molar-refractivity contribution in [2.75, 3.05) is 5.73 Å². The molecule has 18 heavy (non-hydrogen) atoms. The van der Waals surface area contributed by atoms with Gasteiger partial charge < -0.3 is 10.8 Å². The van der Waals surface area contributed by atoms with Crippen molar-refractivity contribution in [1.29, 1.82) is 0 Å². The third-order valence-corrected chi connectivity index (χ3v) is 4.18. The van der Waals surface area contributed by atoms with Gasteiger partial charge in [0.25, 0.3) is 0 Å². The molecule has 3 N–H and O–H groups in total. The molecule has 2 heterocycles. The van der Waals surface area contributed by atoms with Crippen LogP contribution < -0.4 is 5.73 Å². The number of halogens is 1. The van der Waals surface area contributed by atoms with Crippen LogP contribution in [-0.2, 0) is 0 Å². The molecule has 0 atom stereocenters. The number of aromatic nitrogens is 3. The van der Waals surface area contributed by atoms with E-state index in [0.717, 1.165) is 41.6 Å². The van der Waals surface area contributed by atoms with E-state index in [2.05, 4.69) is 25.9 Å². The van der Waals surface area contributed by atoms with Crippen molar-refractivity contribution in [3.05, 3.63) is 22.8 Å². The predicted octanol–water partition coefficient (Wildman–Crippen LogP) is 2.09. The number of fused-ring (bicyclic) bond motifs is 1. The van der Waals surface area contributed by atoms with E-state index in [0.29, 0.717) is 11.7 Å². The van der Waals surface area contributed by atoms with Crippen molar-refractivity contribution in [3.63, 3.8) is 0 Å². The summed E-state index contributed by atoms with van der Waals surface area (Å²) in [6.45, 7) is 0. The van der Waals surface area contributed by atoms with Crippen molar-refractivity contribution >= 4 is 27.3 Å². The normalized spacial score (nSPS) is 24.6. The van der Waals surface area contributed by atoms with Crippen LogP contribution in [0.5, 0.6) is 0 Å². The Balaban J connectivity index is 2.05. The first-order valence-electron chi connectivity index (χ1n) is 6.13. The Labute approximate surface area is 113 Å². The Hall–Kier alpha value is -1.14. The molecule has 3 rings (SSSR count). The van der Waals surface area contributed by atoms with Crippen molar-refractivity contribution in [2.45, 2.75) is 37.7 Å². The van der Waals surface area contributed by atoms with E-state index in [-0.39, 0.29) is 6.10 Å². The van der Waals surface area contributed by atoms with Crippen LogP contribution in [0.25, 0.3) is 5.52 Å². The Bertz CT molecular complexity index is 575. The molecule has 0 radical (unpaired) electrons. The van der Waals surface area contributed by atoms with E-state index in [9.17, 15) is 5.11 Å². The zero-order valence-electron chi connectivity index (χ0n) is 9.88. The monoisotopic (exact) mass is 310 g/mol. The van der Waals surface area contributed by atoms with Crippen molar-refractivity contribution in [3.8, 4) is 0 Å². The Morgan fingerprint density at radius 3 is 2.78 bits per heavy atom. The Kier molecular flexibility index (Phi) is 2.99. The Morgan fingerprint density at radius 1 is 1.33 bits per heavy atom. The van der Waals surface area contributed by atoms with Crippen molar-refractivity contribution in [1.82, 2.24) is 14.4 Å². The SMILES string of the molecule is Nc1nccn2c(C3CCC(O)CC3)nc(Br)c12. The highest BCUT2D eigenvalue weighted by atomic mass is 79.9. The van der Waals surface area contributed by atoms with E-state index in [1.165, 1.54) is 0 Å². The lowest BCUT2D eigenvalue weighted by molar-refractivity contribution is 0.121. The van der Waals surface area contributed by atoms with E-state index in [1.54, 1.807) is 6.20 Å². The zero-order chi connectivity index (χ0) is 12.7. The van der Waals surface area contributed by atoms with Gasteiger partial charge in [0.1, 0.15) is 15.9 Å². The second-order valence-corrected chi connectivity index (χ2v) is 5.55. The lowest BCUT2D eigenvalue weighted by atomic mass is 9.87. The summed E-state index contributed by atoms with van der Waals surface area (Å²) >= 11 is 3.45. The topological polar surface area (TPSA) is 76.4 Å². The summed E-state index contributed by atoms with van der Waals surface area (Å²) in [6, 6.07) is 0. The number of aliphatic hydroxyl groups excluding tert-OH is 1. The molecule has 6 heteroatoms. The van der Waals surface area contributed by atoms with Gasteiger partial charge in [-0.05, 0) is 41.6 Å². The fourth-order valence-electron chi connectivity index (χ4n) is 2.66. The molecule has 0 aliphatic heterocycles. The maximum Gasteiger partial charge on any atom is 0.150 e. The van der Waals surface area contributed by atoms with Crippen LogP contribution in [0, 0.1) is 0 Å². The van der Waals surface area contributed by atoms with Gasteiger partial charge in [-0.1, -0.05) is 0 Å². The third-order valence-electron chi connectivity index (χ3n) is 3.63. The second kappa shape index (κ2) is 4.51. The Morgan fingerprint density at radius 2 is 2.06 bits per heavy atom. The first kappa shape index (κ1) is 11.9. The molecular formula is C12H15BrN4O. The first-order valence-corrected chi connectivity index (χ1v) is 6.92. The van der Waals surface area contributed by atoms with Gasteiger partial charge in [0.2, 0.25) is 0 Å². The summed E-state index contributed by atoms with van der Waals surface area (Å²) in [6.07, 6.45) is 7.06. The lowest BCUT2D eigenvalue weighted by Crippen LogP contribution is -2.18. The molecular weight excluding hydrogens is 296 g/mol. The summed E-state index contributed by atoms with van der Waals surface area (Å²) in [4.78, 5) is 8.66. The van der Waals surface area contributed by atoms with Gasteiger partial charge in [-0.15, -0.1) is 0 Å². The maximum atomic E-state index is 9.57. The smallest absolute Gasteiger partial charge is 0.150 e. The van der Waals surface area contributed by atoms with Gasteiger partial charge >= 0.3 is 0 Å². The molecule has 1 aliphatic carbocycles.